The minimum Gasteiger partial charge on any atom is -0.465 e. The lowest BCUT2D eigenvalue weighted by atomic mass is 10.0. The standard InChI is InChI=1S/C15H18N2O2/c1-19-15(18)11-6-7-12-13(9-11)17-14(16-12)8-10-4-2-3-5-10/h6-7,9-10H,2-5,8H2,1H3,(H,16,17). The summed E-state index contributed by atoms with van der Waals surface area (Å²) in [7, 11) is 1.39. The first-order valence-corrected chi connectivity index (χ1v) is 6.83. The maximum Gasteiger partial charge on any atom is 0.337 e. The van der Waals surface area contributed by atoms with Crippen LogP contribution in [0.25, 0.3) is 11.0 Å². The molecule has 0 saturated heterocycles. The van der Waals surface area contributed by atoms with E-state index in [2.05, 4.69) is 9.97 Å². The average molecular weight is 258 g/mol. The molecular weight excluding hydrogens is 240 g/mol. The Morgan fingerprint density at radius 2 is 2.21 bits per heavy atom. The largest absolute Gasteiger partial charge is 0.465 e. The normalized spacial score (nSPS) is 16.1. The van der Waals surface area contributed by atoms with Crippen molar-refractivity contribution < 1.29 is 9.53 Å². The van der Waals surface area contributed by atoms with Crippen LogP contribution in [0.5, 0.6) is 0 Å². The highest BCUT2D eigenvalue weighted by Gasteiger charge is 2.17. The van der Waals surface area contributed by atoms with Gasteiger partial charge in [0, 0.05) is 6.42 Å². The van der Waals surface area contributed by atoms with Crippen LogP contribution in [0.4, 0.5) is 0 Å². The number of hydrogen-bond donors (Lipinski definition) is 1. The van der Waals surface area contributed by atoms with Crippen molar-refractivity contribution in [3.63, 3.8) is 0 Å². The van der Waals surface area contributed by atoms with Crippen molar-refractivity contribution >= 4 is 17.0 Å². The second-order valence-corrected chi connectivity index (χ2v) is 5.26. The van der Waals surface area contributed by atoms with Crippen molar-refractivity contribution in [1.29, 1.82) is 0 Å². The number of aromatic amines is 1. The fourth-order valence-corrected chi connectivity index (χ4v) is 2.89. The third-order valence-electron chi connectivity index (χ3n) is 3.91. The number of carbonyl (C=O) groups excluding carboxylic acids is 1. The fourth-order valence-electron chi connectivity index (χ4n) is 2.89. The number of nitrogens with one attached hydrogen (secondary N) is 1. The van der Waals surface area contributed by atoms with E-state index in [1.807, 2.05) is 12.1 Å². The molecule has 1 N–H and O–H groups in total. The van der Waals surface area contributed by atoms with Gasteiger partial charge in [-0.15, -0.1) is 0 Å². The zero-order valence-electron chi connectivity index (χ0n) is 11.1. The van der Waals surface area contributed by atoms with Crippen molar-refractivity contribution in [2.75, 3.05) is 7.11 Å². The van der Waals surface area contributed by atoms with Crippen molar-refractivity contribution in [2.24, 2.45) is 5.92 Å². The number of fused-ring (bicyclic) bond motifs is 1. The predicted molar refractivity (Wildman–Crippen MR) is 73.1 cm³/mol. The topological polar surface area (TPSA) is 55.0 Å². The molecule has 4 nitrogen and oxygen atoms in total. The van der Waals surface area contributed by atoms with Gasteiger partial charge < -0.3 is 9.72 Å². The number of carbonyl (C=O) groups is 1. The van der Waals surface area contributed by atoms with E-state index in [0.717, 1.165) is 29.2 Å². The molecule has 1 heterocycles. The molecule has 2 aromatic rings. The summed E-state index contributed by atoms with van der Waals surface area (Å²) in [5, 5.41) is 0. The number of aromatic nitrogens is 2. The summed E-state index contributed by atoms with van der Waals surface area (Å²) < 4.78 is 4.73. The van der Waals surface area contributed by atoms with E-state index in [1.54, 1.807) is 6.07 Å². The van der Waals surface area contributed by atoms with Gasteiger partial charge in [0.1, 0.15) is 5.82 Å². The van der Waals surface area contributed by atoms with Gasteiger partial charge in [-0.05, 0) is 24.1 Å². The molecule has 0 bridgehead atoms. The predicted octanol–water partition coefficient (Wildman–Crippen LogP) is 3.08. The number of imidazole rings is 1. The van der Waals surface area contributed by atoms with Gasteiger partial charge in [-0.25, -0.2) is 9.78 Å². The summed E-state index contributed by atoms with van der Waals surface area (Å²) in [6.45, 7) is 0. The minimum atomic E-state index is -0.311. The first kappa shape index (κ1) is 12.2. The molecule has 1 aromatic carbocycles. The number of nitrogens with zero attached hydrogens (tertiary/aromatic N) is 1. The summed E-state index contributed by atoms with van der Waals surface area (Å²) in [6.07, 6.45) is 6.33. The molecule has 0 atom stereocenters. The van der Waals surface area contributed by atoms with Crippen LogP contribution in [0.1, 0.15) is 41.9 Å². The Balaban J connectivity index is 1.85. The maximum atomic E-state index is 11.5. The lowest BCUT2D eigenvalue weighted by Crippen LogP contribution is -2.00. The van der Waals surface area contributed by atoms with Gasteiger partial charge in [-0.2, -0.15) is 0 Å². The molecule has 19 heavy (non-hydrogen) atoms. The number of ether oxygens (including phenoxy) is 1. The smallest absolute Gasteiger partial charge is 0.337 e. The van der Waals surface area contributed by atoms with E-state index in [4.69, 9.17) is 4.74 Å². The second-order valence-electron chi connectivity index (χ2n) is 5.26. The summed E-state index contributed by atoms with van der Waals surface area (Å²) in [4.78, 5) is 19.4. The van der Waals surface area contributed by atoms with Gasteiger partial charge in [0.05, 0.1) is 23.7 Å². The molecule has 1 aromatic heterocycles. The zero-order valence-corrected chi connectivity index (χ0v) is 11.1. The molecule has 3 rings (SSSR count). The van der Waals surface area contributed by atoms with Gasteiger partial charge in [0.25, 0.3) is 0 Å². The van der Waals surface area contributed by atoms with Crippen molar-refractivity contribution in [1.82, 2.24) is 9.97 Å². The first-order chi connectivity index (χ1) is 9.26. The molecule has 1 saturated carbocycles. The van der Waals surface area contributed by atoms with E-state index in [0.29, 0.717) is 5.56 Å². The van der Waals surface area contributed by atoms with E-state index in [-0.39, 0.29) is 5.97 Å². The number of methoxy groups -OCH3 is 1. The second kappa shape index (κ2) is 5.03. The molecule has 100 valence electrons. The van der Waals surface area contributed by atoms with Crippen LogP contribution in [0.3, 0.4) is 0 Å². The van der Waals surface area contributed by atoms with Gasteiger partial charge >= 0.3 is 5.97 Å². The highest BCUT2D eigenvalue weighted by molar-refractivity contribution is 5.93. The Bertz CT molecular complexity index is 597. The van der Waals surface area contributed by atoms with Crippen LogP contribution >= 0.6 is 0 Å². The third kappa shape index (κ3) is 2.48. The van der Waals surface area contributed by atoms with Gasteiger partial charge in [0.15, 0.2) is 0 Å². The Labute approximate surface area is 112 Å². The Hall–Kier alpha value is -1.84. The average Bonchev–Trinajstić information content (AvgIpc) is 3.05. The highest BCUT2D eigenvalue weighted by Crippen LogP contribution is 2.28. The van der Waals surface area contributed by atoms with Gasteiger partial charge in [0.2, 0.25) is 0 Å². The quantitative estimate of drug-likeness (QED) is 0.861. The van der Waals surface area contributed by atoms with Crippen molar-refractivity contribution in [3.8, 4) is 0 Å². The SMILES string of the molecule is COC(=O)c1ccc2nc(CC3CCCC3)[nH]c2c1. The van der Waals surface area contributed by atoms with Crippen molar-refractivity contribution in [2.45, 2.75) is 32.1 Å². The molecule has 0 unspecified atom stereocenters. The third-order valence-corrected chi connectivity index (χ3v) is 3.91. The van der Waals surface area contributed by atoms with Crippen LogP contribution in [0.2, 0.25) is 0 Å². The lowest BCUT2D eigenvalue weighted by Gasteiger charge is -2.04. The monoisotopic (exact) mass is 258 g/mol. The number of H-pyrrole nitrogens is 1. The lowest BCUT2D eigenvalue weighted by molar-refractivity contribution is 0.0601. The molecule has 1 fully saturated rings. The maximum absolute atomic E-state index is 11.5. The summed E-state index contributed by atoms with van der Waals surface area (Å²) in [5.41, 5.74) is 2.39. The van der Waals surface area contributed by atoms with E-state index in [1.165, 1.54) is 32.8 Å². The van der Waals surface area contributed by atoms with Crippen LogP contribution in [-0.4, -0.2) is 23.0 Å². The Kier molecular flexibility index (Phi) is 3.23. The Morgan fingerprint density at radius 3 is 2.95 bits per heavy atom. The van der Waals surface area contributed by atoms with E-state index < -0.39 is 0 Å². The summed E-state index contributed by atoms with van der Waals surface area (Å²) >= 11 is 0. The van der Waals surface area contributed by atoms with Crippen LogP contribution < -0.4 is 0 Å². The molecule has 1 aliphatic carbocycles. The van der Waals surface area contributed by atoms with Crippen LogP contribution in [-0.2, 0) is 11.2 Å². The molecular formula is C15H18N2O2. The fraction of sp³-hybridized carbons (Fsp3) is 0.467. The first-order valence-electron chi connectivity index (χ1n) is 6.83. The van der Waals surface area contributed by atoms with Crippen molar-refractivity contribution in [3.05, 3.63) is 29.6 Å². The number of benzene rings is 1. The minimum absolute atomic E-state index is 0.311. The summed E-state index contributed by atoms with van der Waals surface area (Å²) in [6, 6.07) is 5.44. The number of rotatable bonds is 3. The van der Waals surface area contributed by atoms with Gasteiger partial charge in [-0.1, -0.05) is 25.7 Å². The molecule has 0 aliphatic heterocycles. The summed E-state index contributed by atoms with van der Waals surface area (Å²) in [5.74, 6) is 1.48. The van der Waals surface area contributed by atoms with E-state index in [9.17, 15) is 4.79 Å². The molecule has 1 aliphatic rings. The zero-order chi connectivity index (χ0) is 13.2. The molecule has 0 amide bonds. The van der Waals surface area contributed by atoms with Gasteiger partial charge in [-0.3, -0.25) is 0 Å². The highest BCUT2D eigenvalue weighted by atomic mass is 16.5. The number of esters is 1. The molecule has 0 spiro atoms. The molecule has 0 radical (unpaired) electrons. The number of hydrogen-bond acceptors (Lipinski definition) is 3. The Morgan fingerprint density at radius 1 is 1.42 bits per heavy atom. The van der Waals surface area contributed by atoms with Crippen LogP contribution in [0.15, 0.2) is 18.2 Å². The van der Waals surface area contributed by atoms with E-state index >= 15 is 0 Å². The molecule has 4 heteroatoms. The van der Waals surface area contributed by atoms with Crippen LogP contribution in [0, 0.1) is 5.92 Å².